The van der Waals surface area contributed by atoms with E-state index < -0.39 is 0 Å². The number of hydrogen-bond donors (Lipinski definition) is 0. The smallest absolute Gasteiger partial charge is 0.00262 e. The van der Waals surface area contributed by atoms with Gasteiger partial charge in [-0.2, -0.15) is 0 Å². The summed E-state index contributed by atoms with van der Waals surface area (Å²) in [6, 6.07) is 50.6. The molecule has 0 bridgehead atoms. The average molecular weight is 535 g/mol. The fourth-order valence-electron chi connectivity index (χ4n) is 6.33. The Kier molecular flexibility index (Phi) is 6.58. The second kappa shape index (κ2) is 10.8. The maximum absolute atomic E-state index is 4.03. The maximum Gasteiger partial charge on any atom is -0.00262 e. The fraction of sp³-hybridized carbons (Fsp3) is 0. The van der Waals surface area contributed by atoms with Crippen LogP contribution in [0.25, 0.3) is 71.3 Å². The first-order valence-electron chi connectivity index (χ1n) is 14.3. The van der Waals surface area contributed by atoms with Crippen molar-refractivity contribution in [1.82, 2.24) is 0 Å². The van der Waals surface area contributed by atoms with Crippen molar-refractivity contribution in [3.05, 3.63) is 176 Å². The lowest BCUT2D eigenvalue weighted by molar-refractivity contribution is 1.60. The topological polar surface area (TPSA) is 0 Å². The summed E-state index contributed by atoms with van der Waals surface area (Å²) in [5.74, 6) is 0. The van der Waals surface area contributed by atoms with Gasteiger partial charge in [-0.3, -0.25) is 0 Å². The molecule has 0 unspecified atom stereocenters. The predicted octanol–water partition coefficient (Wildman–Crippen LogP) is 11.9. The summed E-state index contributed by atoms with van der Waals surface area (Å²) in [6.45, 7) is 7.92. The van der Waals surface area contributed by atoms with Gasteiger partial charge in [0.05, 0.1) is 0 Å². The summed E-state index contributed by atoms with van der Waals surface area (Å²) in [6.07, 6.45) is 5.72. The Morgan fingerprint density at radius 3 is 1.57 bits per heavy atom. The highest BCUT2D eigenvalue weighted by molar-refractivity contribution is 6.21. The summed E-state index contributed by atoms with van der Waals surface area (Å²) < 4.78 is 0. The van der Waals surface area contributed by atoms with Crippen molar-refractivity contribution in [2.45, 2.75) is 0 Å². The summed E-state index contributed by atoms with van der Waals surface area (Å²) in [5, 5.41) is 7.50. The molecule has 0 heteroatoms. The van der Waals surface area contributed by atoms with E-state index in [1.165, 1.54) is 65.7 Å². The van der Waals surface area contributed by atoms with Gasteiger partial charge < -0.3 is 0 Å². The van der Waals surface area contributed by atoms with E-state index in [-0.39, 0.29) is 0 Å². The van der Waals surface area contributed by atoms with E-state index in [1.807, 2.05) is 18.2 Å². The Bertz CT molecular complexity index is 2110. The van der Waals surface area contributed by atoms with E-state index in [4.69, 9.17) is 0 Å². The molecule has 0 heterocycles. The van der Waals surface area contributed by atoms with Gasteiger partial charge in [0.25, 0.3) is 0 Å². The molecular formula is C42H30. The molecule has 0 nitrogen and oxygen atoms in total. The van der Waals surface area contributed by atoms with Gasteiger partial charge in [0.1, 0.15) is 0 Å². The Balaban J connectivity index is 1.50. The van der Waals surface area contributed by atoms with Crippen LogP contribution in [0.2, 0.25) is 0 Å². The average Bonchev–Trinajstić information content (AvgIpc) is 3.06. The highest BCUT2D eigenvalue weighted by Crippen LogP contribution is 2.44. The number of benzene rings is 7. The van der Waals surface area contributed by atoms with Crippen LogP contribution in [0.4, 0.5) is 0 Å². The van der Waals surface area contributed by atoms with Gasteiger partial charge in [-0.25, -0.2) is 0 Å². The summed E-state index contributed by atoms with van der Waals surface area (Å²) >= 11 is 0. The molecule has 0 fully saturated rings. The van der Waals surface area contributed by atoms with Crippen molar-refractivity contribution in [2.24, 2.45) is 0 Å². The van der Waals surface area contributed by atoms with Gasteiger partial charge in [0.15, 0.2) is 0 Å². The number of rotatable bonds is 6. The molecule has 0 atom stereocenters. The van der Waals surface area contributed by atoms with Crippen LogP contribution < -0.4 is 0 Å². The third-order valence-electron chi connectivity index (χ3n) is 8.19. The molecule has 0 aliphatic heterocycles. The molecule has 0 aromatic heterocycles. The zero-order valence-corrected chi connectivity index (χ0v) is 23.4. The molecule has 0 aliphatic carbocycles. The summed E-state index contributed by atoms with van der Waals surface area (Å²) in [7, 11) is 0. The molecule has 42 heavy (non-hydrogen) atoms. The van der Waals surface area contributed by atoms with Gasteiger partial charge in [-0.15, -0.1) is 0 Å². The third-order valence-corrected chi connectivity index (χ3v) is 8.19. The lowest BCUT2D eigenvalue weighted by Gasteiger charge is -2.19. The Hall–Kier alpha value is -5.46. The molecule has 0 radical (unpaired) electrons. The van der Waals surface area contributed by atoms with Crippen molar-refractivity contribution in [3.63, 3.8) is 0 Å². The first-order valence-corrected chi connectivity index (χ1v) is 14.3. The van der Waals surface area contributed by atoms with Gasteiger partial charge in [-0.1, -0.05) is 159 Å². The van der Waals surface area contributed by atoms with Crippen molar-refractivity contribution < 1.29 is 0 Å². The molecule has 0 spiro atoms. The van der Waals surface area contributed by atoms with Crippen LogP contribution in [0.15, 0.2) is 171 Å². The van der Waals surface area contributed by atoms with Crippen LogP contribution in [0.5, 0.6) is 0 Å². The quantitative estimate of drug-likeness (QED) is 0.147. The van der Waals surface area contributed by atoms with E-state index in [1.54, 1.807) is 0 Å². The number of hydrogen-bond acceptors (Lipinski definition) is 0. The van der Waals surface area contributed by atoms with Crippen LogP contribution in [-0.4, -0.2) is 0 Å². The standard InChI is InChI=1S/C42H30/c1-3-14-29(4-2)31-17-11-19-33(27-31)41-37-22-7-9-24-39(37)42(40-25-10-8-23-38(40)41)34-20-12-18-32(28-34)36-26-13-16-30-15-5-6-21-35(30)36/h3-28H,1-2H2/b29-14+. The van der Waals surface area contributed by atoms with Gasteiger partial charge in [0, 0.05) is 0 Å². The maximum atomic E-state index is 4.03. The van der Waals surface area contributed by atoms with Crippen LogP contribution in [-0.2, 0) is 0 Å². The molecule has 7 aromatic carbocycles. The van der Waals surface area contributed by atoms with Crippen molar-refractivity contribution >= 4 is 37.9 Å². The molecule has 0 aliphatic rings. The largest absolute Gasteiger partial charge is 0.0990 e. The lowest BCUT2D eigenvalue weighted by atomic mass is 9.84. The normalized spacial score (nSPS) is 11.7. The molecular weight excluding hydrogens is 504 g/mol. The first-order chi connectivity index (χ1) is 20.8. The SMILES string of the molecule is C=C/C=C(\C=C)c1cccc(-c2c3ccccc3c(-c3cccc(-c4cccc5ccccc45)c3)c3ccccc23)c1. The second-order valence-electron chi connectivity index (χ2n) is 10.6. The molecule has 0 N–H and O–H groups in total. The molecule has 198 valence electrons. The molecule has 7 rings (SSSR count). The highest BCUT2D eigenvalue weighted by Gasteiger charge is 2.17. The number of allylic oxidation sites excluding steroid dienone is 4. The lowest BCUT2D eigenvalue weighted by Crippen LogP contribution is -1.92. The van der Waals surface area contributed by atoms with Crippen molar-refractivity contribution in [1.29, 1.82) is 0 Å². The third kappa shape index (κ3) is 4.35. The summed E-state index contributed by atoms with van der Waals surface area (Å²) in [4.78, 5) is 0. The van der Waals surface area contributed by atoms with E-state index in [2.05, 4.69) is 153 Å². The van der Waals surface area contributed by atoms with Crippen molar-refractivity contribution in [2.75, 3.05) is 0 Å². The van der Waals surface area contributed by atoms with Gasteiger partial charge in [-0.05, 0) is 89.0 Å². The fourth-order valence-corrected chi connectivity index (χ4v) is 6.33. The van der Waals surface area contributed by atoms with Crippen molar-refractivity contribution in [3.8, 4) is 33.4 Å². The van der Waals surface area contributed by atoms with Crippen LogP contribution in [0.1, 0.15) is 5.56 Å². The monoisotopic (exact) mass is 534 g/mol. The summed E-state index contributed by atoms with van der Waals surface area (Å²) in [5.41, 5.74) is 9.58. The zero-order valence-electron chi connectivity index (χ0n) is 23.4. The van der Waals surface area contributed by atoms with E-state index >= 15 is 0 Å². The van der Waals surface area contributed by atoms with Crippen LogP contribution in [0, 0.1) is 0 Å². The first kappa shape index (κ1) is 25.5. The molecule has 0 saturated heterocycles. The second-order valence-corrected chi connectivity index (χ2v) is 10.6. The van der Waals surface area contributed by atoms with E-state index in [0.717, 1.165) is 11.1 Å². The molecule has 7 aromatic rings. The zero-order chi connectivity index (χ0) is 28.5. The predicted molar refractivity (Wildman–Crippen MR) is 184 cm³/mol. The minimum atomic E-state index is 1.06. The Labute approximate surface area is 247 Å². The minimum absolute atomic E-state index is 1.06. The van der Waals surface area contributed by atoms with Crippen LogP contribution >= 0.6 is 0 Å². The van der Waals surface area contributed by atoms with E-state index in [9.17, 15) is 0 Å². The molecule has 0 saturated carbocycles. The van der Waals surface area contributed by atoms with Gasteiger partial charge >= 0.3 is 0 Å². The highest BCUT2D eigenvalue weighted by atomic mass is 14.2. The minimum Gasteiger partial charge on any atom is -0.0990 e. The van der Waals surface area contributed by atoms with Gasteiger partial charge in [0.2, 0.25) is 0 Å². The van der Waals surface area contributed by atoms with E-state index in [0.29, 0.717) is 0 Å². The molecule has 0 amide bonds. The number of fused-ring (bicyclic) bond motifs is 3. The van der Waals surface area contributed by atoms with Crippen LogP contribution in [0.3, 0.4) is 0 Å². The Morgan fingerprint density at radius 2 is 0.952 bits per heavy atom. The Morgan fingerprint density at radius 1 is 0.452 bits per heavy atom.